The van der Waals surface area contributed by atoms with Crippen molar-refractivity contribution >= 4 is 27.4 Å². The van der Waals surface area contributed by atoms with Crippen LogP contribution in [0.25, 0.3) is 0 Å². The second kappa shape index (κ2) is 8.40. The molecule has 2 aromatic rings. The van der Waals surface area contributed by atoms with Gasteiger partial charge in [0.15, 0.2) is 0 Å². The molecule has 0 aromatic heterocycles. The van der Waals surface area contributed by atoms with Crippen LogP contribution in [0.2, 0.25) is 0 Å². The Labute approximate surface area is 212 Å². The Hall–Kier alpha value is -3.26. The number of rotatable bonds is 6. The summed E-state index contributed by atoms with van der Waals surface area (Å²) in [5.41, 5.74) is 5.34. The lowest BCUT2D eigenvalue weighted by Crippen LogP contribution is -2.49. The number of fused-ring (bicyclic) bond motifs is 3. The van der Waals surface area contributed by atoms with Crippen LogP contribution in [0.5, 0.6) is 0 Å². The predicted octanol–water partition coefficient (Wildman–Crippen LogP) is 4.96. The Kier molecular flexibility index (Phi) is 5.41. The summed E-state index contributed by atoms with van der Waals surface area (Å²) in [7, 11) is -3.74. The minimum absolute atomic E-state index is 0.174. The van der Waals surface area contributed by atoms with Crippen LogP contribution in [0, 0.1) is 5.41 Å². The van der Waals surface area contributed by atoms with E-state index in [1.165, 1.54) is 11.4 Å². The van der Waals surface area contributed by atoms with Gasteiger partial charge in [-0.3, -0.25) is 4.72 Å². The molecular weight excluding hydrogens is 474 g/mol. The number of hydrogen-bond donors (Lipinski definition) is 1. The maximum absolute atomic E-state index is 13.3. The number of ether oxygens (including phenoxy) is 1. The van der Waals surface area contributed by atoms with E-state index in [-0.39, 0.29) is 22.2 Å². The molecular formula is C28H31N3O4S. The second-order valence-electron chi connectivity index (χ2n) is 9.95. The van der Waals surface area contributed by atoms with Crippen LogP contribution < -0.4 is 9.62 Å². The zero-order chi connectivity index (χ0) is 25.1. The molecule has 4 aliphatic rings. The largest absolute Gasteiger partial charge is 0.461 e. The molecule has 0 bridgehead atoms. The molecule has 4 aliphatic heterocycles. The number of piperidine rings is 1. The fraction of sp³-hybridized carbons (Fsp3) is 0.393. The van der Waals surface area contributed by atoms with Gasteiger partial charge in [-0.2, -0.15) is 0 Å². The Morgan fingerprint density at radius 1 is 1.14 bits per heavy atom. The summed E-state index contributed by atoms with van der Waals surface area (Å²) in [4.78, 5) is 18.1. The van der Waals surface area contributed by atoms with Crippen molar-refractivity contribution in [3.05, 3.63) is 77.3 Å². The van der Waals surface area contributed by atoms with Crippen LogP contribution in [-0.4, -0.2) is 39.0 Å². The molecule has 7 nitrogen and oxygen atoms in total. The van der Waals surface area contributed by atoms with Gasteiger partial charge in [0.05, 0.1) is 28.6 Å². The van der Waals surface area contributed by atoms with Crippen molar-refractivity contribution in [1.82, 2.24) is 4.90 Å². The molecule has 2 atom stereocenters. The average molecular weight is 506 g/mol. The number of allylic oxidation sites excluding steroid dienone is 2. The predicted molar refractivity (Wildman–Crippen MR) is 139 cm³/mol. The van der Waals surface area contributed by atoms with Crippen molar-refractivity contribution in [2.24, 2.45) is 5.41 Å². The number of hydrogen-bond acceptors (Lipinski definition) is 6. The normalized spacial score (nSPS) is 24.2. The van der Waals surface area contributed by atoms with Crippen LogP contribution in [0.15, 0.2) is 76.6 Å². The van der Waals surface area contributed by atoms with Gasteiger partial charge < -0.3 is 14.5 Å². The van der Waals surface area contributed by atoms with E-state index in [9.17, 15) is 13.2 Å². The maximum atomic E-state index is 13.3. The van der Waals surface area contributed by atoms with Crippen molar-refractivity contribution in [1.29, 1.82) is 0 Å². The maximum Gasteiger partial charge on any atom is 0.355 e. The van der Waals surface area contributed by atoms with Crippen LogP contribution in [0.4, 0.5) is 11.4 Å². The quantitative estimate of drug-likeness (QED) is 0.559. The summed E-state index contributed by atoms with van der Waals surface area (Å²) < 4.78 is 34.3. The van der Waals surface area contributed by atoms with E-state index in [1.54, 1.807) is 30.3 Å². The lowest BCUT2D eigenvalue weighted by Gasteiger charge is -2.52. The molecule has 0 saturated carbocycles. The van der Waals surface area contributed by atoms with Gasteiger partial charge >= 0.3 is 5.97 Å². The lowest BCUT2D eigenvalue weighted by atomic mass is 9.69. The smallest absolute Gasteiger partial charge is 0.355 e. The van der Waals surface area contributed by atoms with Crippen LogP contribution in [0.3, 0.4) is 0 Å². The van der Waals surface area contributed by atoms with Gasteiger partial charge in [-0.05, 0) is 68.5 Å². The molecule has 0 amide bonds. The molecule has 0 radical (unpaired) electrons. The van der Waals surface area contributed by atoms with E-state index in [1.807, 2.05) is 25.1 Å². The summed E-state index contributed by atoms with van der Waals surface area (Å²) in [5, 5.41) is 0. The van der Waals surface area contributed by atoms with Gasteiger partial charge in [0.25, 0.3) is 10.0 Å². The Balaban J connectivity index is 1.49. The monoisotopic (exact) mass is 505 g/mol. The van der Waals surface area contributed by atoms with Crippen molar-refractivity contribution in [3.63, 3.8) is 0 Å². The van der Waals surface area contributed by atoms with Crippen LogP contribution in [-0.2, 0) is 19.6 Å². The molecule has 2 aromatic carbocycles. The first kappa shape index (κ1) is 23.2. The highest BCUT2D eigenvalue weighted by molar-refractivity contribution is 7.92. The first-order valence-electron chi connectivity index (χ1n) is 12.8. The Morgan fingerprint density at radius 2 is 1.94 bits per heavy atom. The number of nitrogens with zero attached hydrogens (tertiary/aromatic N) is 2. The molecule has 0 aliphatic carbocycles. The fourth-order valence-corrected chi connectivity index (χ4v) is 7.56. The second-order valence-corrected chi connectivity index (χ2v) is 11.6. The number of carbonyl (C=O) groups is 1. The third-order valence-corrected chi connectivity index (χ3v) is 9.46. The van der Waals surface area contributed by atoms with Gasteiger partial charge in [0, 0.05) is 30.1 Å². The van der Waals surface area contributed by atoms with E-state index in [4.69, 9.17) is 4.74 Å². The molecule has 1 saturated heterocycles. The minimum Gasteiger partial charge on any atom is -0.461 e. The lowest BCUT2D eigenvalue weighted by molar-refractivity contribution is -0.138. The standard InChI is InChI=1S/C28H31N3O4S/c1-3-28-14-8-15-30-16-13-22-21-12-11-19(29-36(33,34)20-9-6-5-7-10-20)17-23(21)31(25(22)26(28)30)24(18-28)27(32)35-4-2/h5-7,9-12,17-18,22,29H,3-4,8,13-16H2,1-2H3. The number of esters is 1. The van der Waals surface area contributed by atoms with Gasteiger partial charge in [-0.25, -0.2) is 13.2 Å². The van der Waals surface area contributed by atoms with E-state index in [0.29, 0.717) is 18.0 Å². The summed E-state index contributed by atoms with van der Waals surface area (Å²) >= 11 is 0. The summed E-state index contributed by atoms with van der Waals surface area (Å²) in [5.74, 6) is -0.158. The van der Waals surface area contributed by atoms with E-state index in [0.717, 1.165) is 50.0 Å². The summed E-state index contributed by atoms with van der Waals surface area (Å²) in [6.07, 6.45) is 6.13. The zero-order valence-corrected chi connectivity index (χ0v) is 21.5. The van der Waals surface area contributed by atoms with Crippen molar-refractivity contribution in [2.45, 2.75) is 50.3 Å². The average Bonchev–Trinajstić information content (AvgIpc) is 3.22. The van der Waals surface area contributed by atoms with Gasteiger partial charge in [0.1, 0.15) is 5.70 Å². The van der Waals surface area contributed by atoms with E-state index in [2.05, 4.69) is 27.5 Å². The molecule has 4 heterocycles. The molecule has 0 spiro atoms. The van der Waals surface area contributed by atoms with Gasteiger partial charge in [-0.15, -0.1) is 0 Å². The van der Waals surface area contributed by atoms with E-state index >= 15 is 0 Å². The Morgan fingerprint density at radius 3 is 2.69 bits per heavy atom. The number of nitrogens with one attached hydrogen (secondary N) is 1. The Bertz CT molecular complexity index is 1400. The van der Waals surface area contributed by atoms with Crippen LogP contribution in [0.1, 0.15) is 51.0 Å². The molecule has 1 fully saturated rings. The highest BCUT2D eigenvalue weighted by Crippen LogP contribution is 2.60. The summed E-state index contributed by atoms with van der Waals surface area (Å²) in [6, 6.07) is 14.1. The number of sulfonamides is 1. The molecule has 6 rings (SSSR count). The molecule has 1 N–H and O–H groups in total. The van der Waals surface area contributed by atoms with E-state index < -0.39 is 10.0 Å². The summed E-state index contributed by atoms with van der Waals surface area (Å²) in [6.45, 7) is 6.34. The molecule has 36 heavy (non-hydrogen) atoms. The first-order valence-corrected chi connectivity index (χ1v) is 14.3. The minimum atomic E-state index is -3.74. The molecule has 8 heteroatoms. The SMILES string of the molecule is CCOC(=O)C1=CC2(CC)CCCN3CCC4C(=C32)N1c1cc(NS(=O)(=O)c2ccccc2)ccc14. The van der Waals surface area contributed by atoms with Crippen molar-refractivity contribution < 1.29 is 17.9 Å². The zero-order valence-electron chi connectivity index (χ0n) is 20.7. The molecule has 2 unspecified atom stereocenters. The number of benzene rings is 2. The third-order valence-electron chi connectivity index (χ3n) is 8.06. The highest BCUT2D eigenvalue weighted by Gasteiger charge is 2.52. The highest BCUT2D eigenvalue weighted by atomic mass is 32.2. The number of carbonyl (C=O) groups excluding carboxylic acids is 1. The topological polar surface area (TPSA) is 79.0 Å². The third kappa shape index (κ3) is 3.38. The van der Waals surface area contributed by atoms with Crippen molar-refractivity contribution in [2.75, 3.05) is 29.3 Å². The van der Waals surface area contributed by atoms with Gasteiger partial charge in [-0.1, -0.05) is 31.2 Å². The first-order chi connectivity index (χ1) is 17.4. The number of anilines is 2. The van der Waals surface area contributed by atoms with Gasteiger partial charge in [0.2, 0.25) is 0 Å². The van der Waals surface area contributed by atoms with Crippen molar-refractivity contribution in [3.8, 4) is 0 Å². The fourth-order valence-electron chi connectivity index (χ4n) is 6.49. The molecule has 188 valence electrons. The van der Waals surface area contributed by atoms with Crippen LogP contribution >= 0.6 is 0 Å².